The Bertz CT molecular complexity index is 1040. The Balaban J connectivity index is 1.72. The number of para-hydroxylation sites is 1. The molecule has 9 heteroatoms. The van der Waals surface area contributed by atoms with Crippen LogP contribution < -0.4 is 5.43 Å². The SMILES string of the molecule is O=C(N/N=C/c1ccc(-c2ccc(Cl)c([N+](=O)[O-])c2)o1)c1ccccc1O. The topological polar surface area (TPSA) is 118 Å². The molecule has 136 valence electrons. The number of phenols is 1. The average molecular weight is 386 g/mol. The van der Waals surface area contributed by atoms with Gasteiger partial charge in [-0.25, -0.2) is 5.43 Å². The molecule has 0 atom stereocenters. The highest BCUT2D eigenvalue weighted by Crippen LogP contribution is 2.31. The van der Waals surface area contributed by atoms with Crippen LogP contribution in [0.2, 0.25) is 5.02 Å². The third kappa shape index (κ3) is 4.13. The van der Waals surface area contributed by atoms with Crippen molar-refractivity contribution in [1.82, 2.24) is 5.43 Å². The number of aromatic hydroxyl groups is 1. The minimum Gasteiger partial charge on any atom is -0.507 e. The second-order valence-corrected chi connectivity index (χ2v) is 5.75. The number of carbonyl (C=O) groups is 1. The number of nitrogens with one attached hydrogen (secondary N) is 1. The van der Waals surface area contributed by atoms with E-state index in [9.17, 15) is 20.0 Å². The number of nitrogens with zero attached hydrogens (tertiary/aromatic N) is 2. The van der Waals surface area contributed by atoms with Gasteiger partial charge in [-0.1, -0.05) is 23.7 Å². The monoisotopic (exact) mass is 385 g/mol. The molecule has 0 aliphatic carbocycles. The van der Waals surface area contributed by atoms with Crippen LogP contribution in [0, 0.1) is 10.1 Å². The van der Waals surface area contributed by atoms with Crippen molar-refractivity contribution in [3.05, 3.63) is 81.1 Å². The molecule has 8 nitrogen and oxygen atoms in total. The molecule has 2 N–H and O–H groups in total. The van der Waals surface area contributed by atoms with Crippen molar-refractivity contribution in [3.8, 4) is 17.1 Å². The molecule has 0 radical (unpaired) electrons. The lowest BCUT2D eigenvalue weighted by Gasteiger charge is -2.01. The second kappa shape index (κ2) is 7.71. The molecular weight excluding hydrogens is 374 g/mol. The lowest BCUT2D eigenvalue weighted by molar-refractivity contribution is -0.384. The molecule has 0 spiro atoms. The molecule has 27 heavy (non-hydrogen) atoms. The second-order valence-electron chi connectivity index (χ2n) is 5.34. The highest BCUT2D eigenvalue weighted by atomic mass is 35.5. The van der Waals surface area contributed by atoms with Gasteiger partial charge in [0.15, 0.2) is 0 Å². The number of hydrogen-bond donors (Lipinski definition) is 2. The minimum absolute atomic E-state index is 0.0315. The van der Waals surface area contributed by atoms with Gasteiger partial charge >= 0.3 is 0 Å². The Hall–Kier alpha value is -3.65. The lowest BCUT2D eigenvalue weighted by atomic mass is 10.1. The van der Waals surface area contributed by atoms with Crippen molar-refractivity contribution in [3.63, 3.8) is 0 Å². The van der Waals surface area contributed by atoms with Crippen LogP contribution in [0.4, 0.5) is 5.69 Å². The molecular formula is C18H12ClN3O5. The van der Waals surface area contributed by atoms with Crippen molar-refractivity contribution in [1.29, 1.82) is 0 Å². The average Bonchev–Trinajstić information content (AvgIpc) is 3.11. The molecule has 0 aliphatic rings. The molecule has 0 bridgehead atoms. The van der Waals surface area contributed by atoms with Crippen LogP contribution in [0.15, 0.2) is 64.1 Å². The molecule has 0 unspecified atom stereocenters. The first-order chi connectivity index (χ1) is 13.0. The van der Waals surface area contributed by atoms with Gasteiger partial charge in [-0.2, -0.15) is 5.10 Å². The summed E-state index contributed by atoms with van der Waals surface area (Å²) >= 11 is 5.79. The van der Waals surface area contributed by atoms with Crippen LogP contribution in [0.1, 0.15) is 16.1 Å². The number of halogens is 1. The number of phenolic OH excluding ortho intramolecular Hbond substituents is 1. The molecule has 0 aliphatic heterocycles. The van der Waals surface area contributed by atoms with E-state index in [1.807, 2.05) is 0 Å². The standard InChI is InChI=1S/C18H12ClN3O5/c19-14-7-5-11(9-15(14)22(25)26)17-8-6-12(27-17)10-20-21-18(24)13-3-1-2-4-16(13)23/h1-10,23H,(H,21,24)/b20-10+. The van der Waals surface area contributed by atoms with Gasteiger partial charge in [0.05, 0.1) is 16.7 Å². The first kappa shape index (κ1) is 18.2. The molecule has 0 saturated heterocycles. The van der Waals surface area contributed by atoms with E-state index in [1.54, 1.807) is 30.3 Å². The van der Waals surface area contributed by atoms with Gasteiger partial charge in [0, 0.05) is 11.6 Å². The van der Waals surface area contributed by atoms with Crippen LogP contribution in [0.5, 0.6) is 5.75 Å². The molecule has 2 aromatic carbocycles. The summed E-state index contributed by atoms with van der Waals surface area (Å²) in [4.78, 5) is 22.3. The summed E-state index contributed by atoms with van der Waals surface area (Å²) in [5.41, 5.74) is 2.61. The predicted molar refractivity (Wildman–Crippen MR) is 99.0 cm³/mol. The van der Waals surface area contributed by atoms with Crippen molar-refractivity contribution < 1.29 is 19.2 Å². The van der Waals surface area contributed by atoms with Crippen LogP contribution in [-0.2, 0) is 0 Å². The Morgan fingerprint density at radius 1 is 1.22 bits per heavy atom. The third-order valence-electron chi connectivity index (χ3n) is 3.56. The highest BCUT2D eigenvalue weighted by Gasteiger charge is 2.15. The van der Waals surface area contributed by atoms with Gasteiger partial charge in [-0.05, 0) is 36.4 Å². The highest BCUT2D eigenvalue weighted by molar-refractivity contribution is 6.32. The van der Waals surface area contributed by atoms with E-state index < -0.39 is 10.8 Å². The maximum Gasteiger partial charge on any atom is 0.288 e. The molecule has 3 rings (SSSR count). The van der Waals surface area contributed by atoms with E-state index >= 15 is 0 Å². The number of nitro benzene ring substituents is 1. The Kier molecular flexibility index (Phi) is 5.18. The first-order valence-corrected chi connectivity index (χ1v) is 7.99. The van der Waals surface area contributed by atoms with Crippen LogP contribution >= 0.6 is 11.6 Å². The maximum absolute atomic E-state index is 11.9. The normalized spacial score (nSPS) is 10.9. The largest absolute Gasteiger partial charge is 0.507 e. The molecule has 0 saturated carbocycles. The van der Waals surface area contributed by atoms with E-state index in [0.717, 1.165) is 0 Å². The van der Waals surface area contributed by atoms with Crippen molar-refractivity contribution in [2.45, 2.75) is 0 Å². The molecule has 3 aromatic rings. The Morgan fingerprint density at radius 3 is 2.74 bits per heavy atom. The van der Waals surface area contributed by atoms with E-state index in [0.29, 0.717) is 17.1 Å². The number of carbonyl (C=O) groups excluding carboxylic acids is 1. The fourth-order valence-corrected chi connectivity index (χ4v) is 2.45. The summed E-state index contributed by atoms with van der Waals surface area (Å²) in [7, 11) is 0. The summed E-state index contributed by atoms with van der Waals surface area (Å²) < 4.78 is 5.54. The number of furan rings is 1. The zero-order chi connectivity index (χ0) is 19.4. The fourth-order valence-electron chi connectivity index (χ4n) is 2.26. The van der Waals surface area contributed by atoms with Gasteiger partial charge in [-0.15, -0.1) is 0 Å². The Morgan fingerprint density at radius 2 is 2.00 bits per heavy atom. The lowest BCUT2D eigenvalue weighted by Crippen LogP contribution is -2.17. The summed E-state index contributed by atoms with van der Waals surface area (Å²) in [6.07, 6.45) is 1.27. The quantitative estimate of drug-likeness (QED) is 0.391. The molecule has 1 heterocycles. The number of nitro groups is 1. The van der Waals surface area contributed by atoms with Gasteiger partial charge in [0.1, 0.15) is 22.3 Å². The van der Waals surface area contributed by atoms with E-state index in [1.165, 1.54) is 30.5 Å². The van der Waals surface area contributed by atoms with Gasteiger partial charge in [-0.3, -0.25) is 14.9 Å². The third-order valence-corrected chi connectivity index (χ3v) is 3.88. The number of amides is 1. The smallest absolute Gasteiger partial charge is 0.288 e. The Labute approximate surface area is 157 Å². The summed E-state index contributed by atoms with van der Waals surface area (Å²) in [5.74, 6) is -0.0392. The van der Waals surface area contributed by atoms with E-state index in [-0.39, 0.29) is 22.0 Å². The summed E-state index contributed by atoms with van der Waals surface area (Å²) in [6, 6.07) is 13.6. The number of rotatable bonds is 5. The van der Waals surface area contributed by atoms with Crippen molar-refractivity contribution in [2.24, 2.45) is 5.10 Å². The van der Waals surface area contributed by atoms with Crippen LogP contribution in [0.3, 0.4) is 0 Å². The van der Waals surface area contributed by atoms with Gasteiger partial charge in [0.2, 0.25) is 0 Å². The first-order valence-electron chi connectivity index (χ1n) is 7.61. The zero-order valence-electron chi connectivity index (χ0n) is 13.6. The predicted octanol–water partition coefficient (Wildman–Crippen LogP) is 3.98. The molecule has 1 aromatic heterocycles. The summed E-state index contributed by atoms with van der Waals surface area (Å²) in [6.45, 7) is 0. The number of hydrogen-bond acceptors (Lipinski definition) is 6. The number of hydrazone groups is 1. The maximum atomic E-state index is 11.9. The van der Waals surface area contributed by atoms with Crippen LogP contribution in [-0.4, -0.2) is 22.2 Å². The van der Waals surface area contributed by atoms with Gasteiger partial charge < -0.3 is 9.52 Å². The molecule has 0 fully saturated rings. The zero-order valence-corrected chi connectivity index (χ0v) is 14.4. The van der Waals surface area contributed by atoms with Crippen molar-refractivity contribution in [2.75, 3.05) is 0 Å². The van der Waals surface area contributed by atoms with E-state index in [2.05, 4.69) is 10.5 Å². The van der Waals surface area contributed by atoms with Gasteiger partial charge in [0.25, 0.3) is 11.6 Å². The minimum atomic E-state index is -0.579. The molecule has 1 amide bonds. The van der Waals surface area contributed by atoms with E-state index in [4.69, 9.17) is 16.0 Å². The number of benzene rings is 2. The fraction of sp³-hybridized carbons (Fsp3) is 0. The van der Waals surface area contributed by atoms with Crippen LogP contribution in [0.25, 0.3) is 11.3 Å². The van der Waals surface area contributed by atoms with Crippen molar-refractivity contribution >= 4 is 29.4 Å². The summed E-state index contributed by atoms with van der Waals surface area (Å²) in [5, 5.41) is 24.4.